The van der Waals surface area contributed by atoms with Crippen LogP contribution >= 0.6 is 11.3 Å². The van der Waals surface area contributed by atoms with Crippen LogP contribution in [0.4, 0.5) is 0 Å². The van der Waals surface area contributed by atoms with E-state index in [1.807, 2.05) is 11.3 Å². The molecule has 1 heterocycles. The third kappa shape index (κ3) is 9.34. The van der Waals surface area contributed by atoms with Gasteiger partial charge in [0.1, 0.15) is 0 Å². The van der Waals surface area contributed by atoms with Gasteiger partial charge in [0, 0.05) is 0 Å². The van der Waals surface area contributed by atoms with Crippen molar-refractivity contribution in [2.45, 2.75) is 104 Å². The molecule has 0 saturated heterocycles. The molecule has 122 valence electrons. The number of aryl methyl sites for hydroxylation is 2. The van der Waals surface area contributed by atoms with Gasteiger partial charge in [-0.15, -0.1) is 0 Å². The van der Waals surface area contributed by atoms with Crippen LogP contribution in [0.1, 0.15) is 102 Å². The topological polar surface area (TPSA) is 0 Å². The molecule has 0 aliphatic heterocycles. The summed E-state index contributed by atoms with van der Waals surface area (Å²) >= 11 is 1.91. The monoisotopic (exact) mass is 308 g/mol. The summed E-state index contributed by atoms with van der Waals surface area (Å²) in [5, 5.41) is 4.80. The van der Waals surface area contributed by atoms with Gasteiger partial charge in [-0.2, -0.15) is 11.3 Å². The molecule has 0 atom stereocenters. The van der Waals surface area contributed by atoms with Crippen LogP contribution in [0, 0.1) is 0 Å². The van der Waals surface area contributed by atoms with Crippen molar-refractivity contribution in [3.8, 4) is 0 Å². The highest BCUT2D eigenvalue weighted by Crippen LogP contribution is 2.21. The van der Waals surface area contributed by atoms with Gasteiger partial charge in [-0.25, -0.2) is 0 Å². The van der Waals surface area contributed by atoms with Gasteiger partial charge in [0.15, 0.2) is 0 Å². The van der Waals surface area contributed by atoms with Gasteiger partial charge in [0.2, 0.25) is 0 Å². The van der Waals surface area contributed by atoms with E-state index < -0.39 is 0 Å². The molecule has 1 heteroatoms. The molecule has 0 amide bonds. The van der Waals surface area contributed by atoms with Crippen LogP contribution in [0.5, 0.6) is 0 Å². The second kappa shape index (κ2) is 13.4. The Labute approximate surface area is 137 Å². The van der Waals surface area contributed by atoms with Crippen LogP contribution < -0.4 is 0 Å². The number of rotatable bonds is 14. The fourth-order valence-corrected chi connectivity index (χ4v) is 3.92. The molecule has 1 aromatic rings. The lowest BCUT2D eigenvalue weighted by molar-refractivity contribution is 0.600. The molecular weight excluding hydrogens is 272 g/mol. The lowest BCUT2D eigenvalue weighted by Gasteiger charge is -2.05. The van der Waals surface area contributed by atoms with E-state index in [-0.39, 0.29) is 0 Å². The maximum Gasteiger partial charge on any atom is -0.00584 e. The van der Waals surface area contributed by atoms with E-state index in [2.05, 4.69) is 24.6 Å². The van der Waals surface area contributed by atoms with Gasteiger partial charge in [0.25, 0.3) is 0 Å². The molecule has 0 aliphatic rings. The molecule has 0 radical (unpaired) electrons. The summed E-state index contributed by atoms with van der Waals surface area (Å²) in [7, 11) is 0. The largest absolute Gasteiger partial charge is 0.152 e. The summed E-state index contributed by atoms with van der Waals surface area (Å²) in [6.07, 6.45) is 19.6. The summed E-state index contributed by atoms with van der Waals surface area (Å²) in [6.45, 7) is 4.58. The summed E-state index contributed by atoms with van der Waals surface area (Å²) in [5.41, 5.74) is 3.31. The Morgan fingerprint density at radius 3 is 1.38 bits per heavy atom. The molecule has 0 aromatic carbocycles. The molecule has 0 nitrogen and oxygen atoms in total. The SMILES string of the molecule is CCCCCCCCc1cscc1CCCCCCCC. The zero-order chi connectivity index (χ0) is 15.2. The smallest absolute Gasteiger partial charge is 0.00584 e. The van der Waals surface area contributed by atoms with Crippen molar-refractivity contribution in [1.29, 1.82) is 0 Å². The molecule has 0 fully saturated rings. The van der Waals surface area contributed by atoms with Gasteiger partial charge in [-0.1, -0.05) is 78.1 Å². The van der Waals surface area contributed by atoms with Gasteiger partial charge < -0.3 is 0 Å². The summed E-state index contributed by atoms with van der Waals surface area (Å²) < 4.78 is 0. The molecule has 0 spiro atoms. The molecule has 1 aromatic heterocycles. The third-order valence-electron chi connectivity index (χ3n) is 4.43. The standard InChI is InChI=1S/C20H36S/c1-3-5-7-9-11-13-15-19-17-21-18-20(19)16-14-12-10-8-6-4-2/h17-18H,3-16H2,1-2H3. The van der Waals surface area contributed by atoms with Crippen LogP contribution in [-0.2, 0) is 12.8 Å². The highest BCUT2D eigenvalue weighted by molar-refractivity contribution is 7.08. The first-order chi connectivity index (χ1) is 10.4. The lowest BCUT2D eigenvalue weighted by atomic mass is 10.0. The van der Waals surface area contributed by atoms with E-state index in [0.29, 0.717) is 0 Å². The predicted molar refractivity (Wildman–Crippen MR) is 98.5 cm³/mol. The van der Waals surface area contributed by atoms with E-state index in [0.717, 1.165) is 0 Å². The Bertz CT molecular complexity index is 296. The highest BCUT2D eigenvalue weighted by Gasteiger charge is 2.04. The Morgan fingerprint density at radius 1 is 0.571 bits per heavy atom. The summed E-state index contributed by atoms with van der Waals surface area (Å²) in [4.78, 5) is 0. The van der Waals surface area contributed by atoms with Crippen LogP contribution in [-0.4, -0.2) is 0 Å². The average Bonchev–Trinajstić information content (AvgIpc) is 2.94. The predicted octanol–water partition coefficient (Wildman–Crippen LogP) is 7.55. The Balaban J connectivity index is 2.09. The zero-order valence-corrected chi connectivity index (χ0v) is 15.3. The molecule has 0 N–H and O–H groups in total. The fraction of sp³-hybridized carbons (Fsp3) is 0.800. The van der Waals surface area contributed by atoms with Gasteiger partial charge in [0.05, 0.1) is 0 Å². The Morgan fingerprint density at radius 2 is 0.952 bits per heavy atom. The number of hydrogen-bond donors (Lipinski definition) is 0. The minimum atomic E-state index is 1.32. The molecule has 0 unspecified atom stereocenters. The maximum absolute atomic E-state index is 2.40. The Kier molecular flexibility index (Phi) is 11.9. The number of unbranched alkanes of at least 4 members (excludes halogenated alkanes) is 10. The molecule has 0 bridgehead atoms. The van der Waals surface area contributed by atoms with Crippen molar-refractivity contribution in [3.63, 3.8) is 0 Å². The summed E-state index contributed by atoms with van der Waals surface area (Å²) in [5.74, 6) is 0. The van der Waals surface area contributed by atoms with Crippen LogP contribution in [0.25, 0.3) is 0 Å². The average molecular weight is 309 g/mol. The minimum Gasteiger partial charge on any atom is -0.152 e. The first-order valence-electron chi connectivity index (χ1n) is 9.42. The number of hydrogen-bond acceptors (Lipinski definition) is 1. The first-order valence-corrected chi connectivity index (χ1v) is 10.4. The quantitative estimate of drug-likeness (QED) is 0.311. The first kappa shape index (κ1) is 18.7. The molecule has 0 aliphatic carbocycles. The van der Waals surface area contributed by atoms with Crippen LogP contribution in [0.3, 0.4) is 0 Å². The van der Waals surface area contributed by atoms with Crippen molar-refractivity contribution < 1.29 is 0 Å². The Hall–Kier alpha value is -0.300. The molecule has 21 heavy (non-hydrogen) atoms. The van der Waals surface area contributed by atoms with Crippen molar-refractivity contribution in [3.05, 3.63) is 21.9 Å². The van der Waals surface area contributed by atoms with E-state index in [4.69, 9.17) is 0 Å². The van der Waals surface area contributed by atoms with Crippen LogP contribution in [0.2, 0.25) is 0 Å². The van der Waals surface area contributed by atoms with Crippen molar-refractivity contribution in [1.82, 2.24) is 0 Å². The van der Waals surface area contributed by atoms with Crippen molar-refractivity contribution in [2.75, 3.05) is 0 Å². The second-order valence-corrected chi connectivity index (χ2v) is 7.20. The number of thiophene rings is 1. The lowest BCUT2D eigenvalue weighted by Crippen LogP contribution is -1.92. The molecular formula is C20H36S. The van der Waals surface area contributed by atoms with Crippen LogP contribution in [0.15, 0.2) is 10.8 Å². The van der Waals surface area contributed by atoms with Gasteiger partial charge in [-0.3, -0.25) is 0 Å². The maximum atomic E-state index is 2.40. The van der Waals surface area contributed by atoms with E-state index >= 15 is 0 Å². The van der Waals surface area contributed by atoms with Gasteiger partial charge >= 0.3 is 0 Å². The van der Waals surface area contributed by atoms with E-state index in [9.17, 15) is 0 Å². The minimum absolute atomic E-state index is 1.32. The van der Waals surface area contributed by atoms with E-state index in [1.54, 1.807) is 11.1 Å². The highest BCUT2D eigenvalue weighted by atomic mass is 32.1. The summed E-state index contributed by atoms with van der Waals surface area (Å²) in [6, 6.07) is 0. The molecule has 1 rings (SSSR count). The van der Waals surface area contributed by atoms with E-state index in [1.165, 1.54) is 89.9 Å². The fourth-order valence-electron chi connectivity index (χ4n) is 2.98. The van der Waals surface area contributed by atoms with Crippen molar-refractivity contribution >= 4 is 11.3 Å². The second-order valence-electron chi connectivity index (χ2n) is 6.46. The normalized spacial score (nSPS) is 11.1. The van der Waals surface area contributed by atoms with Crippen molar-refractivity contribution in [2.24, 2.45) is 0 Å². The molecule has 0 saturated carbocycles. The zero-order valence-electron chi connectivity index (χ0n) is 14.5. The van der Waals surface area contributed by atoms with Gasteiger partial charge in [-0.05, 0) is 47.6 Å². The third-order valence-corrected chi connectivity index (χ3v) is 5.27.